The van der Waals surface area contributed by atoms with Crippen molar-refractivity contribution >= 4 is 21.5 Å². The quantitative estimate of drug-likeness (QED) is 0.330. The maximum atomic E-state index is 11.3. The van der Waals surface area contributed by atoms with Crippen LogP contribution >= 0.6 is 0 Å². The average molecular weight is 492 g/mol. The number of sulfonamides is 1. The van der Waals surface area contributed by atoms with Gasteiger partial charge >= 0.3 is 0 Å². The molecule has 3 aromatic carbocycles. The molecular formula is C28H33N3O3S. The van der Waals surface area contributed by atoms with Gasteiger partial charge in [-0.2, -0.15) is 0 Å². The van der Waals surface area contributed by atoms with Crippen molar-refractivity contribution in [1.82, 2.24) is 4.72 Å². The van der Waals surface area contributed by atoms with Crippen LogP contribution in [0.15, 0.2) is 77.8 Å². The Morgan fingerprint density at radius 1 is 0.971 bits per heavy atom. The van der Waals surface area contributed by atoms with Crippen LogP contribution in [-0.2, 0) is 22.0 Å². The SMILES string of the molecule is COc1ccc(C2(C(N)=Nc3cccc(-c4ccc(CNS(C)(=O)=O)cc4)c3)CCCCC2)cc1. The van der Waals surface area contributed by atoms with Gasteiger partial charge in [-0.3, -0.25) is 0 Å². The molecule has 1 fully saturated rings. The maximum Gasteiger partial charge on any atom is 0.209 e. The van der Waals surface area contributed by atoms with E-state index in [1.165, 1.54) is 12.0 Å². The molecule has 0 heterocycles. The Morgan fingerprint density at radius 2 is 1.66 bits per heavy atom. The molecule has 0 aliphatic heterocycles. The lowest BCUT2D eigenvalue weighted by Gasteiger charge is -2.37. The van der Waals surface area contributed by atoms with Crippen molar-refractivity contribution in [2.45, 2.75) is 44.1 Å². The van der Waals surface area contributed by atoms with E-state index in [9.17, 15) is 8.42 Å². The molecule has 0 atom stereocenters. The number of hydrogen-bond donors (Lipinski definition) is 2. The minimum absolute atomic E-state index is 0.269. The molecule has 184 valence electrons. The molecule has 35 heavy (non-hydrogen) atoms. The van der Waals surface area contributed by atoms with Crippen LogP contribution in [0.1, 0.15) is 43.2 Å². The van der Waals surface area contributed by atoms with Crippen LogP contribution in [-0.4, -0.2) is 27.6 Å². The third-order valence-electron chi connectivity index (χ3n) is 6.76. The summed E-state index contributed by atoms with van der Waals surface area (Å²) in [6, 6.07) is 24.1. The number of aliphatic imine (C=N–C) groups is 1. The van der Waals surface area contributed by atoms with Gasteiger partial charge in [0.1, 0.15) is 11.6 Å². The predicted molar refractivity (Wildman–Crippen MR) is 143 cm³/mol. The molecule has 1 aliphatic carbocycles. The second kappa shape index (κ2) is 10.6. The first-order valence-corrected chi connectivity index (χ1v) is 13.8. The van der Waals surface area contributed by atoms with Crippen molar-refractivity contribution < 1.29 is 13.2 Å². The predicted octanol–water partition coefficient (Wildman–Crippen LogP) is 5.30. The minimum Gasteiger partial charge on any atom is -0.497 e. The van der Waals surface area contributed by atoms with Gasteiger partial charge in [0.15, 0.2) is 0 Å². The summed E-state index contributed by atoms with van der Waals surface area (Å²) in [6.45, 7) is 0.271. The summed E-state index contributed by atoms with van der Waals surface area (Å²) in [5.41, 5.74) is 11.5. The summed E-state index contributed by atoms with van der Waals surface area (Å²) < 4.78 is 30.5. The molecule has 3 aromatic rings. The molecule has 1 aliphatic rings. The van der Waals surface area contributed by atoms with Crippen molar-refractivity contribution in [1.29, 1.82) is 0 Å². The molecule has 7 heteroatoms. The van der Waals surface area contributed by atoms with E-state index < -0.39 is 10.0 Å². The van der Waals surface area contributed by atoms with E-state index in [-0.39, 0.29) is 12.0 Å². The van der Waals surface area contributed by atoms with Gasteiger partial charge in [0.05, 0.1) is 24.5 Å². The van der Waals surface area contributed by atoms with Crippen molar-refractivity contribution in [3.8, 4) is 16.9 Å². The van der Waals surface area contributed by atoms with Crippen molar-refractivity contribution in [2.75, 3.05) is 13.4 Å². The zero-order valence-electron chi connectivity index (χ0n) is 20.3. The molecule has 0 spiro atoms. The van der Waals surface area contributed by atoms with Gasteiger partial charge in [0.2, 0.25) is 10.0 Å². The number of nitrogens with zero attached hydrogens (tertiary/aromatic N) is 1. The van der Waals surface area contributed by atoms with Crippen LogP contribution < -0.4 is 15.2 Å². The standard InChI is InChI=1S/C28H33N3O3S/c1-34-26-15-13-24(14-16-26)28(17-4-3-5-18-28)27(29)31-25-8-6-7-23(19-25)22-11-9-21(10-12-22)20-30-35(2,32)33/h6-16,19,30H,3-5,17-18,20H2,1-2H3,(H2,29,31). The van der Waals surface area contributed by atoms with Crippen LogP contribution in [0.3, 0.4) is 0 Å². The highest BCUT2D eigenvalue weighted by molar-refractivity contribution is 7.88. The fraction of sp³-hybridized carbons (Fsp3) is 0.321. The summed E-state index contributed by atoms with van der Waals surface area (Å²) in [5, 5.41) is 0. The van der Waals surface area contributed by atoms with Crippen LogP contribution in [0.5, 0.6) is 5.75 Å². The van der Waals surface area contributed by atoms with E-state index in [1.54, 1.807) is 7.11 Å². The molecule has 0 unspecified atom stereocenters. The highest BCUT2D eigenvalue weighted by Gasteiger charge is 2.37. The first-order valence-electron chi connectivity index (χ1n) is 11.9. The number of methoxy groups -OCH3 is 1. The molecular weight excluding hydrogens is 458 g/mol. The number of benzene rings is 3. The Kier molecular flexibility index (Phi) is 7.57. The van der Waals surface area contributed by atoms with Crippen LogP contribution in [0.4, 0.5) is 5.69 Å². The normalized spacial score (nSPS) is 16.1. The van der Waals surface area contributed by atoms with Gasteiger partial charge in [0, 0.05) is 6.54 Å². The first kappa shape index (κ1) is 24.9. The summed E-state index contributed by atoms with van der Waals surface area (Å²) >= 11 is 0. The molecule has 0 bridgehead atoms. The van der Waals surface area contributed by atoms with E-state index in [4.69, 9.17) is 15.5 Å². The van der Waals surface area contributed by atoms with E-state index in [2.05, 4.69) is 16.9 Å². The van der Waals surface area contributed by atoms with Gasteiger partial charge in [-0.05, 0) is 59.4 Å². The monoisotopic (exact) mass is 491 g/mol. The molecule has 0 radical (unpaired) electrons. The summed E-state index contributed by atoms with van der Waals surface area (Å²) in [6.07, 6.45) is 6.60. The number of ether oxygens (including phenoxy) is 1. The van der Waals surface area contributed by atoms with Gasteiger partial charge in [-0.1, -0.05) is 67.8 Å². The Labute approximate surface area is 208 Å². The van der Waals surface area contributed by atoms with Crippen LogP contribution in [0.25, 0.3) is 11.1 Å². The molecule has 0 aromatic heterocycles. The molecule has 4 rings (SSSR count). The number of nitrogens with two attached hydrogens (primary N) is 1. The van der Waals surface area contributed by atoms with Gasteiger partial charge in [0.25, 0.3) is 0 Å². The Balaban J connectivity index is 1.60. The largest absolute Gasteiger partial charge is 0.497 e. The van der Waals surface area contributed by atoms with E-state index in [0.717, 1.165) is 60.1 Å². The van der Waals surface area contributed by atoms with Crippen LogP contribution in [0.2, 0.25) is 0 Å². The van der Waals surface area contributed by atoms with Crippen LogP contribution in [0, 0.1) is 0 Å². The number of nitrogens with one attached hydrogen (secondary N) is 1. The molecule has 0 saturated heterocycles. The van der Waals surface area contributed by atoms with Crippen molar-refractivity contribution in [3.05, 3.63) is 83.9 Å². The third kappa shape index (κ3) is 6.10. The zero-order valence-corrected chi connectivity index (χ0v) is 21.1. The van der Waals surface area contributed by atoms with Crippen molar-refractivity contribution in [2.24, 2.45) is 10.7 Å². The lowest BCUT2D eigenvalue weighted by atomic mass is 9.68. The minimum atomic E-state index is -3.22. The second-order valence-corrected chi connectivity index (χ2v) is 11.0. The number of rotatable bonds is 8. The van der Waals surface area contributed by atoms with Gasteiger partial charge in [-0.15, -0.1) is 0 Å². The Bertz CT molecular complexity index is 1280. The Morgan fingerprint density at radius 3 is 2.29 bits per heavy atom. The van der Waals surface area contributed by atoms with Crippen molar-refractivity contribution in [3.63, 3.8) is 0 Å². The lowest BCUT2D eigenvalue weighted by molar-refractivity contribution is 0.376. The van der Waals surface area contributed by atoms with Gasteiger partial charge in [-0.25, -0.2) is 18.1 Å². The molecule has 3 N–H and O–H groups in total. The van der Waals surface area contributed by atoms with Gasteiger partial charge < -0.3 is 10.5 Å². The fourth-order valence-corrected chi connectivity index (χ4v) is 5.22. The topological polar surface area (TPSA) is 93.8 Å². The number of amidine groups is 1. The molecule has 1 saturated carbocycles. The zero-order chi connectivity index (χ0) is 24.9. The highest BCUT2D eigenvalue weighted by atomic mass is 32.2. The Hall–Kier alpha value is -3.16. The highest BCUT2D eigenvalue weighted by Crippen LogP contribution is 2.41. The fourth-order valence-electron chi connectivity index (χ4n) is 4.79. The summed E-state index contributed by atoms with van der Waals surface area (Å²) in [4.78, 5) is 4.92. The molecule has 6 nitrogen and oxygen atoms in total. The maximum absolute atomic E-state index is 11.3. The second-order valence-electron chi connectivity index (χ2n) is 9.21. The van der Waals surface area contributed by atoms with E-state index in [0.29, 0.717) is 5.84 Å². The van der Waals surface area contributed by atoms with E-state index in [1.807, 2.05) is 60.7 Å². The lowest BCUT2D eigenvalue weighted by Crippen LogP contribution is -2.42. The summed E-state index contributed by atoms with van der Waals surface area (Å²) in [5.74, 6) is 1.49. The number of hydrogen-bond acceptors (Lipinski definition) is 4. The third-order valence-corrected chi connectivity index (χ3v) is 7.43. The molecule has 0 amide bonds. The first-order chi connectivity index (χ1) is 16.8. The van der Waals surface area contributed by atoms with E-state index >= 15 is 0 Å². The summed E-state index contributed by atoms with van der Waals surface area (Å²) in [7, 11) is -1.55. The smallest absolute Gasteiger partial charge is 0.209 e. The average Bonchev–Trinajstić information content (AvgIpc) is 2.88.